The molecule has 126 valence electrons. The molecule has 1 unspecified atom stereocenters. The van der Waals surface area contributed by atoms with Gasteiger partial charge in [-0.3, -0.25) is 14.4 Å². The number of fused-ring (bicyclic) bond motifs is 1. The first-order chi connectivity index (χ1) is 11.6. The molecule has 1 aliphatic rings. The first-order valence-corrected chi connectivity index (χ1v) is 8.21. The molecule has 1 aromatic heterocycles. The first kappa shape index (κ1) is 16.2. The Bertz CT molecular complexity index is 827. The van der Waals surface area contributed by atoms with Crippen molar-refractivity contribution < 1.29 is 14.7 Å². The third-order valence-corrected chi connectivity index (χ3v) is 4.56. The van der Waals surface area contributed by atoms with Crippen molar-refractivity contribution in [3.8, 4) is 0 Å². The molecule has 0 radical (unpaired) electrons. The maximum absolute atomic E-state index is 12.9. The molecule has 1 atom stereocenters. The van der Waals surface area contributed by atoms with Crippen LogP contribution in [-0.2, 0) is 4.79 Å². The van der Waals surface area contributed by atoms with Gasteiger partial charge in [0.1, 0.15) is 5.56 Å². The number of nitrogens with zero attached hydrogens (tertiary/aromatic N) is 1. The standard InChI is InChI=1S/C18H20N2O4/c21-16(22)9-8-13-6-3-4-10-20(13)18(24)14-11-12-5-1-2-7-15(12)19-17(14)23/h1-2,5,7,11,13H,3-4,6,8-10H2,(H,19,23)(H,21,22). The SMILES string of the molecule is O=C(O)CCC1CCCCN1C(=O)c1cc2ccccc2[nH]c1=O. The number of carboxylic acid groups (broad SMARTS) is 1. The van der Waals surface area contributed by atoms with E-state index >= 15 is 0 Å². The number of H-pyrrole nitrogens is 1. The number of hydrogen-bond donors (Lipinski definition) is 2. The van der Waals surface area contributed by atoms with Crippen molar-refractivity contribution in [2.45, 2.75) is 38.1 Å². The summed E-state index contributed by atoms with van der Waals surface area (Å²) >= 11 is 0. The molecule has 1 aromatic carbocycles. The van der Waals surface area contributed by atoms with Gasteiger partial charge in [-0.05, 0) is 43.2 Å². The van der Waals surface area contributed by atoms with Gasteiger partial charge in [0.25, 0.3) is 11.5 Å². The molecule has 2 heterocycles. The minimum Gasteiger partial charge on any atom is -0.481 e. The third-order valence-electron chi connectivity index (χ3n) is 4.56. The van der Waals surface area contributed by atoms with Crippen LogP contribution in [0.1, 0.15) is 42.5 Å². The second kappa shape index (κ2) is 6.86. The normalized spacial score (nSPS) is 17.8. The number of aromatic nitrogens is 1. The van der Waals surface area contributed by atoms with Gasteiger partial charge in [0.2, 0.25) is 0 Å². The van der Waals surface area contributed by atoms with Crippen molar-refractivity contribution in [3.05, 3.63) is 46.2 Å². The lowest BCUT2D eigenvalue weighted by Gasteiger charge is -2.35. The van der Waals surface area contributed by atoms with E-state index in [-0.39, 0.29) is 23.9 Å². The van der Waals surface area contributed by atoms with Crippen LogP contribution in [-0.4, -0.2) is 39.5 Å². The van der Waals surface area contributed by atoms with E-state index in [0.29, 0.717) is 18.5 Å². The highest BCUT2D eigenvalue weighted by molar-refractivity contribution is 5.97. The van der Waals surface area contributed by atoms with Crippen LogP contribution >= 0.6 is 0 Å². The smallest absolute Gasteiger partial charge is 0.303 e. The number of carbonyl (C=O) groups excluding carboxylic acids is 1. The van der Waals surface area contributed by atoms with Crippen molar-refractivity contribution in [3.63, 3.8) is 0 Å². The van der Waals surface area contributed by atoms with E-state index in [2.05, 4.69) is 4.98 Å². The zero-order chi connectivity index (χ0) is 17.1. The fraction of sp³-hybridized carbons (Fsp3) is 0.389. The van der Waals surface area contributed by atoms with E-state index < -0.39 is 11.5 Å². The molecule has 0 bridgehead atoms. The molecule has 24 heavy (non-hydrogen) atoms. The molecular weight excluding hydrogens is 308 g/mol. The summed E-state index contributed by atoms with van der Waals surface area (Å²) in [5, 5.41) is 9.70. The second-order valence-electron chi connectivity index (χ2n) is 6.18. The Labute approximate surface area is 139 Å². The topological polar surface area (TPSA) is 90.5 Å². The van der Waals surface area contributed by atoms with Gasteiger partial charge in [-0.25, -0.2) is 0 Å². The predicted octanol–water partition coefficient (Wildman–Crippen LogP) is 2.39. The molecule has 1 fully saturated rings. The molecular formula is C18H20N2O4. The van der Waals surface area contributed by atoms with Crippen LogP contribution in [0.25, 0.3) is 10.9 Å². The predicted molar refractivity (Wildman–Crippen MR) is 90.1 cm³/mol. The molecule has 0 saturated carbocycles. The number of amides is 1. The van der Waals surface area contributed by atoms with Crippen LogP contribution < -0.4 is 5.56 Å². The second-order valence-corrected chi connectivity index (χ2v) is 6.18. The number of aliphatic carboxylic acids is 1. The van der Waals surface area contributed by atoms with Gasteiger partial charge in [0.05, 0.1) is 0 Å². The number of rotatable bonds is 4. The van der Waals surface area contributed by atoms with Gasteiger partial charge >= 0.3 is 5.97 Å². The molecule has 1 amide bonds. The fourth-order valence-electron chi connectivity index (χ4n) is 3.32. The quantitative estimate of drug-likeness (QED) is 0.901. The summed E-state index contributed by atoms with van der Waals surface area (Å²) in [6, 6.07) is 8.83. The lowest BCUT2D eigenvalue weighted by atomic mass is 9.97. The van der Waals surface area contributed by atoms with Crippen molar-refractivity contribution in [2.75, 3.05) is 6.54 Å². The molecule has 2 aromatic rings. The number of pyridine rings is 1. The minimum absolute atomic E-state index is 0.0303. The third kappa shape index (κ3) is 3.32. The van der Waals surface area contributed by atoms with Gasteiger partial charge in [0.15, 0.2) is 0 Å². The average Bonchev–Trinajstić information content (AvgIpc) is 2.59. The Kier molecular flexibility index (Phi) is 4.64. The van der Waals surface area contributed by atoms with Gasteiger partial charge in [-0.2, -0.15) is 0 Å². The van der Waals surface area contributed by atoms with Crippen LogP contribution in [0.15, 0.2) is 35.1 Å². The molecule has 1 aliphatic heterocycles. The van der Waals surface area contributed by atoms with Crippen molar-refractivity contribution in [1.82, 2.24) is 9.88 Å². The van der Waals surface area contributed by atoms with Crippen LogP contribution in [0.4, 0.5) is 0 Å². The average molecular weight is 328 g/mol. The molecule has 6 heteroatoms. The number of hydrogen-bond acceptors (Lipinski definition) is 3. The number of nitrogens with one attached hydrogen (secondary N) is 1. The van der Waals surface area contributed by atoms with Crippen LogP contribution in [0.3, 0.4) is 0 Å². The number of benzene rings is 1. The highest BCUT2D eigenvalue weighted by atomic mass is 16.4. The lowest BCUT2D eigenvalue weighted by Crippen LogP contribution is -2.45. The molecule has 3 rings (SSSR count). The number of aromatic amines is 1. The summed E-state index contributed by atoms with van der Waals surface area (Å²) in [4.78, 5) is 40.4. The summed E-state index contributed by atoms with van der Waals surface area (Å²) in [6.07, 6.45) is 3.09. The summed E-state index contributed by atoms with van der Waals surface area (Å²) in [7, 11) is 0. The Balaban J connectivity index is 1.90. The van der Waals surface area contributed by atoms with E-state index in [9.17, 15) is 14.4 Å². The van der Waals surface area contributed by atoms with Gasteiger partial charge < -0.3 is 15.0 Å². The van der Waals surface area contributed by atoms with E-state index in [1.807, 2.05) is 18.2 Å². The summed E-state index contributed by atoms with van der Waals surface area (Å²) < 4.78 is 0. The molecule has 2 N–H and O–H groups in total. The molecule has 0 spiro atoms. The zero-order valence-corrected chi connectivity index (χ0v) is 13.3. The maximum atomic E-state index is 12.9. The van der Waals surface area contributed by atoms with Gasteiger partial charge in [-0.1, -0.05) is 18.2 Å². The van der Waals surface area contributed by atoms with Crippen LogP contribution in [0.2, 0.25) is 0 Å². The van der Waals surface area contributed by atoms with Crippen LogP contribution in [0.5, 0.6) is 0 Å². The van der Waals surface area contributed by atoms with E-state index in [0.717, 1.165) is 24.6 Å². The van der Waals surface area contributed by atoms with Gasteiger partial charge in [0, 0.05) is 24.5 Å². The first-order valence-electron chi connectivity index (χ1n) is 8.21. The Morgan fingerprint density at radius 2 is 2.04 bits per heavy atom. The lowest BCUT2D eigenvalue weighted by molar-refractivity contribution is -0.137. The maximum Gasteiger partial charge on any atom is 0.303 e. The highest BCUT2D eigenvalue weighted by Crippen LogP contribution is 2.23. The largest absolute Gasteiger partial charge is 0.481 e. The zero-order valence-electron chi connectivity index (χ0n) is 13.3. The number of likely N-dealkylation sites (tertiary alicyclic amines) is 1. The number of piperidine rings is 1. The Morgan fingerprint density at radius 1 is 1.25 bits per heavy atom. The Morgan fingerprint density at radius 3 is 2.83 bits per heavy atom. The molecule has 6 nitrogen and oxygen atoms in total. The summed E-state index contributed by atoms with van der Waals surface area (Å²) in [6.45, 7) is 0.565. The van der Waals surface area contributed by atoms with Crippen molar-refractivity contribution in [1.29, 1.82) is 0 Å². The number of carboxylic acids is 1. The highest BCUT2D eigenvalue weighted by Gasteiger charge is 2.29. The van der Waals surface area contributed by atoms with Gasteiger partial charge in [-0.15, -0.1) is 0 Å². The van der Waals surface area contributed by atoms with E-state index in [1.54, 1.807) is 17.0 Å². The number of carbonyl (C=O) groups is 2. The van der Waals surface area contributed by atoms with Crippen LogP contribution in [0, 0.1) is 0 Å². The van der Waals surface area contributed by atoms with Crippen molar-refractivity contribution in [2.24, 2.45) is 0 Å². The molecule has 1 saturated heterocycles. The Hall–Kier alpha value is -2.63. The molecule has 0 aliphatic carbocycles. The van der Waals surface area contributed by atoms with E-state index in [1.165, 1.54) is 0 Å². The minimum atomic E-state index is -0.864. The summed E-state index contributed by atoms with van der Waals surface area (Å²) in [5.74, 6) is -1.17. The van der Waals surface area contributed by atoms with Crippen molar-refractivity contribution >= 4 is 22.8 Å². The fourth-order valence-corrected chi connectivity index (χ4v) is 3.32. The monoisotopic (exact) mass is 328 g/mol. The summed E-state index contributed by atoms with van der Waals surface area (Å²) in [5.41, 5.74) is 0.414. The van der Waals surface area contributed by atoms with E-state index in [4.69, 9.17) is 5.11 Å². The number of para-hydroxylation sites is 1.